The van der Waals surface area contributed by atoms with Crippen molar-refractivity contribution < 1.29 is 4.79 Å². The second kappa shape index (κ2) is 6.18. The van der Waals surface area contributed by atoms with E-state index in [9.17, 15) is 14.4 Å². The van der Waals surface area contributed by atoms with Crippen molar-refractivity contribution in [3.63, 3.8) is 0 Å². The highest BCUT2D eigenvalue weighted by Gasteiger charge is 2.11. The molecule has 0 atom stereocenters. The predicted octanol–water partition coefficient (Wildman–Crippen LogP) is -0.838. The van der Waals surface area contributed by atoms with Crippen LogP contribution in [0.25, 0.3) is 0 Å². The summed E-state index contributed by atoms with van der Waals surface area (Å²) < 4.78 is 2.06. The fourth-order valence-electron chi connectivity index (χ4n) is 1.59. The number of nitrogen functional groups attached to an aromatic ring is 1. The molecule has 110 valence electrons. The van der Waals surface area contributed by atoms with Gasteiger partial charge in [-0.1, -0.05) is 13.8 Å². The standard InChI is InChI=1S/C12H19N5O3/c1-7(2)5-9(18)15-14-6-8-10(13)16(3)12(20)17(4)11(8)19/h6-7H,5,13H2,1-4H3,(H,15,18). The lowest BCUT2D eigenvalue weighted by atomic mass is 10.1. The van der Waals surface area contributed by atoms with Gasteiger partial charge in [-0.25, -0.2) is 10.2 Å². The molecule has 0 aromatic carbocycles. The highest BCUT2D eigenvalue weighted by Crippen LogP contribution is 2.00. The number of nitrogens with two attached hydrogens (primary N) is 1. The zero-order valence-electron chi connectivity index (χ0n) is 12.0. The largest absolute Gasteiger partial charge is 0.384 e. The molecule has 3 N–H and O–H groups in total. The minimum absolute atomic E-state index is 0.0000384. The second-order valence-electron chi connectivity index (χ2n) is 4.90. The molecule has 0 aliphatic rings. The Bertz CT molecular complexity index is 654. The fourth-order valence-corrected chi connectivity index (χ4v) is 1.59. The topological polar surface area (TPSA) is 111 Å². The highest BCUT2D eigenvalue weighted by molar-refractivity contribution is 5.86. The van der Waals surface area contributed by atoms with Crippen LogP contribution in [0.1, 0.15) is 25.8 Å². The maximum atomic E-state index is 11.9. The van der Waals surface area contributed by atoms with E-state index < -0.39 is 11.2 Å². The number of amides is 1. The van der Waals surface area contributed by atoms with E-state index in [0.717, 1.165) is 15.3 Å². The van der Waals surface area contributed by atoms with Gasteiger partial charge in [-0.15, -0.1) is 0 Å². The van der Waals surface area contributed by atoms with Gasteiger partial charge in [-0.3, -0.25) is 18.7 Å². The van der Waals surface area contributed by atoms with Gasteiger partial charge in [0.2, 0.25) is 5.91 Å². The summed E-state index contributed by atoms with van der Waals surface area (Å²) >= 11 is 0. The quantitative estimate of drug-likeness (QED) is 0.553. The third kappa shape index (κ3) is 3.34. The summed E-state index contributed by atoms with van der Waals surface area (Å²) in [6.07, 6.45) is 1.48. The van der Waals surface area contributed by atoms with Crippen LogP contribution in [0, 0.1) is 5.92 Å². The number of hydrogen-bond acceptors (Lipinski definition) is 5. The molecule has 0 spiro atoms. The summed E-state index contributed by atoms with van der Waals surface area (Å²) in [4.78, 5) is 34.9. The normalized spacial score (nSPS) is 11.2. The maximum Gasteiger partial charge on any atom is 0.332 e. The van der Waals surface area contributed by atoms with Crippen LogP contribution in [0.15, 0.2) is 14.7 Å². The zero-order valence-corrected chi connectivity index (χ0v) is 12.0. The van der Waals surface area contributed by atoms with Gasteiger partial charge in [0.1, 0.15) is 11.4 Å². The average Bonchev–Trinajstić information content (AvgIpc) is 2.37. The number of carbonyl (C=O) groups excluding carboxylic acids is 1. The first-order valence-corrected chi connectivity index (χ1v) is 6.13. The molecule has 0 saturated heterocycles. The summed E-state index contributed by atoms with van der Waals surface area (Å²) in [7, 11) is 2.80. The summed E-state index contributed by atoms with van der Waals surface area (Å²) in [5, 5.41) is 3.69. The van der Waals surface area contributed by atoms with Crippen molar-refractivity contribution in [1.29, 1.82) is 0 Å². The molecule has 0 saturated carbocycles. The predicted molar refractivity (Wildman–Crippen MR) is 76.5 cm³/mol. The van der Waals surface area contributed by atoms with Gasteiger partial charge in [-0.05, 0) is 5.92 Å². The summed E-state index contributed by atoms with van der Waals surface area (Å²) in [6, 6.07) is 0. The first-order chi connectivity index (χ1) is 9.25. The summed E-state index contributed by atoms with van der Waals surface area (Å²) in [5.74, 6) is -0.0443. The SMILES string of the molecule is CC(C)CC(=O)NN=Cc1c(N)n(C)c(=O)n(C)c1=O. The van der Waals surface area contributed by atoms with Crippen LogP contribution in [-0.4, -0.2) is 21.3 Å². The lowest BCUT2D eigenvalue weighted by Gasteiger charge is -2.08. The van der Waals surface area contributed by atoms with Crippen molar-refractivity contribution in [3.05, 3.63) is 26.4 Å². The number of hydrazone groups is 1. The molecule has 0 fully saturated rings. The third-order valence-corrected chi connectivity index (χ3v) is 2.72. The van der Waals surface area contributed by atoms with E-state index in [0.29, 0.717) is 6.42 Å². The van der Waals surface area contributed by atoms with Gasteiger partial charge < -0.3 is 5.73 Å². The van der Waals surface area contributed by atoms with E-state index >= 15 is 0 Å². The zero-order chi connectivity index (χ0) is 15.4. The fraction of sp³-hybridized carbons (Fsp3) is 0.500. The highest BCUT2D eigenvalue weighted by atomic mass is 16.2. The van der Waals surface area contributed by atoms with E-state index in [4.69, 9.17) is 5.73 Å². The number of hydrogen-bond donors (Lipinski definition) is 2. The molecular weight excluding hydrogens is 262 g/mol. The minimum Gasteiger partial charge on any atom is -0.384 e. The first-order valence-electron chi connectivity index (χ1n) is 6.13. The molecule has 0 aliphatic carbocycles. The molecule has 0 aliphatic heterocycles. The lowest BCUT2D eigenvalue weighted by molar-refractivity contribution is -0.121. The number of nitrogens with one attached hydrogen (secondary N) is 1. The van der Waals surface area contributed by atoms with Gasteiger partial charge >= 0.3 is 5.69 Å². The van der Waals surface area contributed by atoms with Crippen LogP contribution in [0.4, 0.5) is 5.82 Å². The Morgan fingerprint density at radius 3 is 2.50 bits per heavy atom. The molecule has 1 aromatic heterocycles. The van der Waals surface area contributed by atoms with Crippen LogP contribution >= 0.6 is 0 Å². The van der Waals surface area contributed by atoms with Crippen molar-refractivity contribution in [2.75, 3.05) is 5.73 Å². The smallest absolute Gasteiger partial charge is 0.332 e. The molecule has 20 heavy (non-hydrogen) atoms. The number of rotatable bonds is 4. The molecule has 0 radical (unpaired) electrons. The van der Waals surface area contributed by atoms with E-state index in [1.54, 1.807) is 0 Å². The Labute approximate surface area is 115 Å². The summed E-state index contributed by atoms with van der Waals surface area (Å²) in [5.41, 5.74) is 6.98. The molecule has 0 bridgehead atoms. The Morgan fingerprint density at radius 1 is 1.35 bits per heavy atom. The van der Waals surface area contributed by atoms with E-state index in [-0.39, 0.29) is 23.2 Å². The number of anilines is 1. The third-order valence-electron chi connectivity index (χ3n) is 2.72. The van der Waals surface area contributed by atoms with Crippen molar-refractivity contribution >= 4 is 17.9 Å². The number of carbonyl (C=O) groups is 1. The molecular formula is C12H19N5O3. The van der Waals surface area contributed by atoms with Gasteiger partial charge in [-0.2, -0.15) is 5.10 Å². The van der Waals surface area contributed by atoms with Crippen LogP contribution in [-0.2, 0) is 18.9 Å². The summed E-state index contributed by atoms with van der Waals surface area (Å²) in [6.45, 7) is 3.81. The van der Waals surface area contributed by atoms with E-state index in [1.165, 1.54) is 14.1 Å². The van der Waals surface area contributed by atoms with Gasteiger partial charge in [0.15, 0.2) is 0 Å². The van der Waals surface area contributed by atoms with Crippen molar-refractivity contribution in [2.45, 2.75) is 20.3 Å². The first kappa shape index (κ1) is 15.7. The number of aromatic nitrogens is 2. The second-order valence-corrected chi connectivity index (χ2v) is 4.90. The molecule has 8 nitrogen and oxygen atoms in total. The maximum absolute atomic E-state index is 11.9. The Kier molecular flexibility index (Phi) is 4.84. The van der Waals surface area contributed by atoms with E-state index in [1.807, 2.05) is 13.8 Å². The molecule has 1 rings (SSSR count). The Hall–Kier alpha value is -2.38. The van der Waals surface area contributed by atoms with Gasteiger partial charge in [0, 0.05) is 20.5 Å². The van der Waals surface area contributed by atoms with Crippen molar-refractivity contribution in [1.82, 2.24) is 14.6 Å². The molecule has 1 amide bonds. The Balaban J connectivity index is 3.03. The van der Waals surface area contributed by atoms with Crippen LogP contribution in [0.2, 0.25) is 0 Å². The van der Waals surface area contributed by atoms with Gasteiger partial charge in [0.25, 0.3) is 5.56 Å². The molecule has 1 aromatic rings. The average molecular weight is 281 g/mol. The van der Waals surface area contributed by atoms with Crippen LogP contribution in [0.3, 0.4) is 0 Å². The van der Waals surface area contributed by atoms with Crippen LogP contribution in [0.5, 0.6) is 0 Å². The monoisotopic (exact) mass is 281 g/mol. The van der Waals surface area contributed by atoms with Crippen LogP contribution < -0.4 is 22.4 Å². The van der Waals surface area contributed by atoms with Crippen molar-refractivity contribution in [2.24, 2.45) is 25.1 Å². The molecule has 8 heteroatoms. The Morgan fingerprint density at radius 2 is 1.95 bits per heavy atom. The number of nitrogens with zero attached hydrogens (tertiary/aromatic N) is 3. The van der Waals surface area contributed by atoms with Gasteiger partial charge in [0.05, 0.1) is 6.21 Å². The van der Waals surface area contributed by atoms with E-state index in [2.05, 4.69) is 10.5 Å². The minimum atomic E-state index is -0.563. The lowest BCUT2D eigenvalue weighted by Crippen LogP contribution is -2.40. The van der Waals surface area contributed by atoms with Crippen molar-refractivity contribution in [3.8, 4) is 0 Å². The molecule has 0 unspecified atom stereocenters. The molecule has 1 heterocycles.